The van der Waals surface area contributed by atoms with E-state index in [1.54, 1.807) is 20.8 Å². The van der Waals surface area contributed by atoms with Gasteiger partial charge in [-0.2, -0.15) is 5.10 Å². The van der Waals surface area contributed by atoms with Crippen LogP contribution in [0.4, 0.5) is 9.18 Å². The van der Waals surface area contributed by atoms with Gasteiger partial charge >= 0.3 is 11.8 Å². The summed E-state index contributed by atoms with van der Waals surface area (Å²) in [6, 6.07) is 3.82. The zero-order valence-corrected chi connectivity index (χ0v) is 17.1. The lowest BCUT2D eigenvalue weighted by Crippen LogP contribution is -2.34. The van der Waals surface area contributed by atoms with E-state index in [-0.39, 0.29) is 24.4 Å². The number of halogens is 2. The molecule has 2 heterocycles. The Balaban J connectivity index is 1.96. The lowest BCUT2D eigenvalue weighted by molar-refractivity contribution is 0.0532. The highest BCUT2D eigenvalue weighted by molar-refractivity contribution is 9.11. The van der Waals surface area contributed by atoms with E-state index in [2.05, 4.69) is 26.3 Å². The summed E-state index contributed by atoms with van der Waals surface area (Å²) >= 11 is 4.90. The second-order valence-electron chi connectivity index (χ2n) is 6.53. The Morgan fingerprint density at radius 1 is 1.46 bits per heavy atom. The predicted molar refractivity (Wildman–Crippen MR) is 101 cm³/mol. The number of nitrogens with one attached hydrogen (secondary N) is 1. The van der Waals surface area contributed by atoms with Crippen LogP contribution < -0.4 is 11.0 Å². The Labute approximate surface area is 162 Å². The molecular formula is C16H20BrFN4O3S. The lowest BCUT2D eigenvalue weighted by Gasteiger charge is -2.19. The Hall–Kier alpha value is -1.94. The molecule has 0 saturated heterocycles. The molecule has 7 nitrogen and oxygen atoms in total. The standard InChI is InChI=1S/C16H20BrFN4O3S/c1-16(2,3)25-14(23)19-7-11(6-18)8-22-15(24)21(10-20-22)9-12-4-5-13(17)26-12/h4-6,10H,7-9H2,1-3H3,(H,19,23)/b11-6+. The van der Waals surface area contributed by atoms with Crippen LogP contribution in [0.2, 0.25) is 0 Å². The number of aromatic nitrogens is 3. The number of thiophene rings is 1. The van der Waals surface area contributed by atoms with Gasteiger partial charge in [-0.1, -0.05) is 0 Å². The second kappa shape index (κ2) is 8.63. The molecule has 0 aliphatic heterocycles. The molecule has 0 fully saturated rings. The van der Waals surface area contributed by atoms with Gasteiger partial charge in [0.1, 0.15) is 11.9 Å². The number of hydrogen-bond acceptors (Lipinski definition) is 5. The molecule has 0 aromatic carbocycles. The molecule has 0 unspecified atom stereocenters. The molecule has 2 rings (SSSR count). The Kier molecular flexibility index (Phi) is 6.76. The van der Waals surface area contributed by atoms with Crippen molar-refractivity contribution in [3.8, 4) is 0 Å². The largest absolute Gasteiger partial charge is 0.444 e. The maximum absolute atomic E-state index is 13.1. The van der Waals surface area contributed by atoms with E-state index in [4.69, 9.17) is 4.74 Å². The van der Waals surface area contributed by atoms with Crippen LogP contribution in [-0.4, -0.2) is 32.6 Å². The van der Waals surface area contributed by atoms with Crippen molar-refractivity contribution in [2.75, 3.05) is 6.54 Å². The van der Waals surface area contributed by atoms with Gasteiger partial charge in [0.25, 0.3) is 0 Å². The van der Waals surface area contributed by atoms with Crippen molar-refractivity contribution in [1.29, 1.82) is 0 Å². The minimum Gasteiger partial charge on any atom is -0.444 e. The molecule has 0 radical (unpaired) electrons. The van der Waals surface area contributed by atoms with Crippen molar-refractivity contribution in [3.63, 3.8) is 0 Å². The summed E-state index contributed by atoms with van der Waals surface area (Å²) < 4.78 is 21.8. The molecule has 0 spiro atoms. The first-order valence-electron chi connectivity index (χ1n) is 7.79. The zero-order chi connectivity index (χ0) is 19.3. The van der Waals surface area contributed by atoms with Gasteiger partial charge in [-0.15, -0.1) is 11.3 Å². The Bertz CT molecular complexity index is 850. The van der Waals surface area contributed by atoms with Crippen LogP contribution in [0.25, 0.3) is 0 Å². The first kappa shape index (κ1) is 20.4. The Morgan fingerprint density at radius 2 is 2.19 bits per heavy atom. The highest BCUT2D eigenvalue weighted by atomic mass is 79.9. The van der Waals surface area contributed by atoms with Crippen LogP contribution in [0.1, 0.15) is 25.6 Å². The molecular weight excluding hydrogens is 427 g/mol. The van der Waals surface area contributed by atoms with E-state index in [9.17, 15) is 14.0 Å². The van der Waals surface area contributed by atoms with E-state index in [0.29, 0.717) is 12.9 Å². The normalized spacial score (nSPS) is 12.3. The summed E-state index contributed by atoms with van der Waals surface area (Å²) in [5.74, 6) is 0. The monoisotopic (exact) mass is 446 g/mol. The van der Waals surface area contributed by atoms with Crippen LogP contribution in [0.3, 0.4) is 0 Å². The molecule has 0 saturated carbocycles. The number of alkyl carbamates (subject to hydrolysis) is 1. The molecule has 0 atom stereocenters. The maximum atomic E-state index is 13.1. The zero-order valence-electron chi connectivity index (χ0n) is 14.7. The first-order chi connectivity index (χ1) is 12.2. The third-order valence-electron chi connectivity index (χ3n) is 3.12. The van der Waals surface area contributed by atoms with Crippen molar-refractivity contribution in [2.45, 2.75) is 39.5 Å². The number of rotatable bonds is 6. The molecule has 1 N–H and O–H groups in total. The number of nitrogens with zero attached hydrogens (tertiary/aromatic N) is 3. The molecule has 1 amide bonds. The summed E-state index contributed by atoms with van der Waals surface area (Å²) in [7, 11) is 0. The molecule has 0 bridgehead atoms. The molecule has 2 aromatic rings. The molecule has 26 heavy (non-hydrogen) atoms. The van der Waals surface area contributed by atoms with E-state index < -0.39 is 11.7 Å². The van der Waals surface area contributed by atoms with E-state index in [1.807, 2.05) is 12.1 Å². The fourth-order valence-electron chi connectivity index (χ4n) is 2.01. The van der Waals surface area contributed by atoms with E-state index in [0.717, 1.165) is 13.3 Å². The first-order valence-corrected chi connectivity index (χ1v) is 9.40. The minimum atomic E-state index is -0.655. The van der Waals surface area contributed by atoms with Gasteiger partial charge in [0.15, 0.2) is 0 Å². The van der Waals surface area contributed by atoms with Crippen molar-refractivity contribution in [1.82, 2.24) is 19.7 Å². The van der Waals surface area contributed by atoms with Gasteiger partial charge < -0.3 is 10.1 Å². The SMILES string of the molecule is CC(C)(C)OC(=O)NC/C(=C\F)Cn1ncn(Cc2ccc(Br)s2)c1=O. The fraction of sp³-hybridized carbons (Fsp3) is 0.438. The summed E-state index contributed by atoms with van der Waals surface area (Å²) in [4.78, 5) is 25.0. The number of hydrogen-bond donors (Lipinski definition) is 1. The summed E-state index contributed by atoms with van der Waals surface area (Å²) in [5.41, 5.74) is -0.802. The van der Waals surface area contributed by atoms with Gasteiger partial charge in [0.2, 0.25) is 0 Å². The molecule has 0 aliphatic rings. The average molecular weight is 447 g/mol. The summed E-state index contributed by atoms with van der Waals surface area (Å²) in [5, 5.41) is 6.46. The van der Waals surface area contributed by atoms with Crippen LogP contribution in [0, 0.1) is 0 Å². The van der Waals surface area contributed by atoms with Crippen molar-refractivity contribution < 1.29 is 13.9 Å². The maximum Gasteiger partial charge on any atom is 0.407 e. The summed E-state index contributed by atoms with van der Waals surface area (Å²) in [6.45, 7) is 5.44. The highest BCUT2D eigenvalue weighted by Gasteiger charge is 2.16. The molecule has 10 heteroatoms. The van der Waals surface area contributed by atoms with Gasteiger partial charge in [-0.3, -0.25) is 4.57 Å². The van der Waals surface area contributed by atoms with Crippen LogP contribution >= 0.6 is 27.3 Å². The second-order valence-corrected chi connectivity index (χ2v) is 9.08. The summed E-state index contributed by atoms with van der Waals surface area (Å²) in [6.07, 6.45) is 1.12. The highest BCUT2D eigenvalue weighted by Crippen LogP contribution is 2.22. The van der Waals surface area contributed by atoms with Crippen molar-refractivity contribution in [2.24, 2.45) is 0 Å². The quantitative estimate of drug-likeness (QED) is 0.737. The molecule has 142 valence electrons. The number of carbonyl (C=O) groups is 1. The average Bonchev–Trinajstić information content (AvgIpc) is 3.09. The number of carbonyl (C=O) groups excluding carboxylic acids is 1. The van der Waals surface area contributed by atoms with Crippen molar-refractivity contribution >= 4 is 33.4 Å². The van der Waals surface area contributed by atoms with Crippen LogP contribution in [0.5, 0.6) is 0 Å². The third-order valence-corrected chi connectivity index (χ3v) is 4.73. The molecule has 2 aromatic heterocycles. The van der Waals surface area contributed by atoms with Crippen LogP contribution in [0.15, 0.2) is 38.9 Å². The van der Waals surface area contributed by atoms with Gasteiger partial charge in [0, 0.05) is 11.4 Å². The number of ether oxygens (including phenoxy) is 1. The van der Waals surface area contributed by atoms with Gasteiger partial charge in [-0.05, 0) is 54.4 Å². The fourth-order valence-corrected chi connectivity index (χ4v) is 3.50. The van der Waals surface area contributed by atoms with Crippen LogP contribution in [-0.2, 0) is 17.8 Å². The predicted octanol–water partition coefficient (Wildman–Crippen LogP) is 3.30. The molecule has 0 aliphatic carbocycles. The Morgan fingerprint density at radius 3 is 2.77 bits per heavy atom. The minimum absolute atomic E-state index is 0.0632. The van der Waals surface area contributed by atoms with Gasteiger partial charge in [0.05, 0.1) is 23.2 Å². The van der Waals surface area contributed by atoms with E-state index in [1.165, 1.54) is 22.2 Å². The van der Waals surface area contributed by atoms with Crippen molar-refractivity contribution in [3.05, 3.63) is 49.5 Å². The third kappa shape index (κ3) is 6.10. The smallest absolute Gasteiger partial charge is 0.407 e. The number of amides is 1. The van der Waals surface area contributed by atoms with E-state index >= 15 is 0 Å². The topological polar surface area (TPSA) is 78.2 Å². The lowest BCUT2D eigenvalue weighted by atomic mass is 10.2. The van der Waals surface area contributed by atoms with Gasteiger partial charge in [-0.25, -0.2) is 18.7 Å².